The normalized spacial score (nSPS) is 16.1. The van der Waals surface area contributed by atoms with Crippen molar-refractivity contribution in [2.75, 3.05) is 26.2 Å². The minimum Gasteiger partial charge on any atom is -0.351 e. The van der Waals surface area contributed by atoms with Crippen molar-refractivity contribution in [1.82, 2.24) is 9.80 Å². The first-order chi connectivity index (χ1) is 11.1. The summed E-state index contributed by atoms with van der Waals surface area (Å²) < 4.78 is 0. The number of hydrogen-bond acceptors (Lipinski definition) is 2. The van der Waals surface area contributed by atoms with Crippen LogP contribution in [0.3, 0.4) is 0 Å². The Morgan fingerprint density at radius 2 is 1.74 bits per heavy atom. The molecule has 0 unspecified atom stereocenters. The highest BCUT2D eigenvalue weighted by Gasteiger charge is 2.19. The second-order valence-electron chi connectivity index (χ2n) is 5.98. The van der Waals surface area contributed by atoms with Crippen molar-refractivity contribution in [2.24, 2.45) is 5.73 Å². The van der Waals surface area contributed by atoms with E-state index in [0.717, 1.165) is 24.8 Å². The van der Waals surface area contributed by atoms with Gasteiger partial charge in [0.15, 0.2) is 0 Å². The lowest BCUT2D eigenvalue weighted by atomic mass is 10.1. The van der Waals surface area contributed by atoms with Crippen molar-refractivity contribution in [3.8, 4) is 0 Å². The molecule has 5 heteroatoms. The zero-order valence-corrected chi connectivity index (χ0v) is 13.7. The largest absolute Gasteiger partial charge is 0.351 e. The number of carbonyl (C=O) groups excluding carboxylic acids is 2. The van der Waals surface area contributed by atoms with Crippen molar-refractivity contribution in [1.29, 1.82) is 0 Å². The molecule has 1 aromatic rings. The molecule has 124 valence electrons. The Morgan fingerprint density at radius 3 is 2.43 bits per heavy atom. The predicted molar refractivity (Wildman–Crippen MR) is 90.9 cm³/mol. The molecule has 1 heterocycles. The molecule has 1 saturated heterocycles. The number of carbonyl (C=O) groups is 2. The Kier molecular flexibility index (Phi) is 6.20. The third-order valence-corrected chi connectivity index (χ3v) is 4.14. The molecule has 2 rings (SSSR count). The lowest BCUT2D eigenvalue weighted by Gasteiger charge is -2.20. The molecule has 2 N–H and O–H groups in total. The second kappa shape index (κ2) is 8.36. The van der Waals surface area contributed by atoms with Crippen molar-refractivity contribution in [2.45, 2.75) is 26.2 Å². The van der Waals surface area contributed by atoms with Gasteiger partial charge in [0.2, 0.25) is 5.91 Å². The number of allylic oxidation sites excluding steroid dienone is 1. The van der Waals surface area contributed by atoms with Crippen LogP contribution in [-0.2, 0) is 11.2 Å². The summed E-state index contributed by atoms with van der Waals surface area (Å²) in [5.74, 6) is 0.0295. The smallest absolute Gasteiger partial charge is 0.314 e. The van der Waals surface area contributed by atoms with Crippen LogP contribution in [0.15, 0.2) is 42.0 Å². The molecule has 1 aromatic carbocycles. The zero-order chi connectivity index (χ0) is 16.7. The monoisotopic (exact) mass is 315 g/mol. The van der Waals surface area contributed by atoms with Crippen LogP contribution in [-0.4, -0.2) is 47.9 Å². The quantitative estimate of drug-likeness (QED) is 0.865. The molecule has 0 atom stereocenters. The van der Waals surface area contributed by atoms with E-state index in [1.165, 1.54) is 5.56 Å². The van der Waals surface area contributed by atoms with E-state index in [0.29, 0.717) is 26.2 Å². The Hall–Kier alpha value is -2.30. The van der Waals surface area contributed by atoms with Crippen molar-refractivity contribution < 1.29 is 9.59 Å². The van der Waals surface area contributed by atoms with Crippen LogP contribution >= 0.6 is 0 Å². The van der Waals surface area contributed by atoms with E-state index in [1.807, 2.05) is 25.1 Å². The molecule has 1 aliphatic rings. The van der Waals surface area contributed by atoms with Gasteiger partial charge in [-0.3, -0.25) is 4.79 Å². The Labute approximate surface area is 137 Å². The minimum atomic E-state index is -0.408. The van der Waals surface area contributed by atoms with Gasteiger partial charge < -0.3 is 15.5 Å². The molecular formula is C18H25N3O2. The summed E-state index contributed by atoms with van der Waals surface area (Å²) in [7, 11) is 0. The molecule has 3 amide bonds. The number of primary amides is 1. The molecule has 0 saturated carbocycles. The molecule has 1 aliphatic heterocycles. The molecule has 0 aliphatic carbocycles. The van der Waals surface area contributed by atoms with Gasteiger partial charge in [-0.2, -0.15) is 0 Å². The average Bonchev–Trinajstić information content (AvgIpc) is 2.80. The van der Waals surface area contributed by atoms with Gasteiger partial charge in [-0.05, 0) is 31.7 Å². The molecule has 23 heavy (non-hydrogen) atoms. The van der Waals surface area contributed by atoms with Gasteiger partial charge in [0.1, 0.15) is 0 Å². The standard InChI is InChI=1S/C18H25N3O2/c1-15(8-9-16-6-3-2-4-7-16)14-17(22)20-10-5-11-21(13-12-20)18(19)23/h2-4,6-7,14H,5,8-13H2,1H3,(H2,19,23). The van der Waals surface area contributed by atoms with Crippen LogP contribution in [0.5, 0.6) is 0 Å². The Bertz CT molecular complexity index is 569. The minimum absolute atomic E-state index is 0.0295. The predicted octanol–water partition coefficient (Wildman–Crippen LogP) is 2.18. The number of rotatable bonds is 4. The van der Waals surface area contributed by atoms with Crippen molar-refractivity contribution in [3.63, 3.8) is 0 Å². The average molecular weight is 315 g/mol. The van der Waals surface area contributed by atoms with Crippen molar-refractivity contribution >= 4 is 11.9 Å². The van der Waals surface area contributed by atoms with E-state index < -0.39 is 6.03 Å². The van der Waals surface area contributed by atoms with Crippen molar-refractivity contribution in [3.05, 3.63) is 47.5 Å². The van der Waals surface area contributed by atoms with E-state index in [9.17, 15) is 9.59 Å². The molecule has 5 nitrogen and oxygen atoms in total. The summed E-state index contributed by atoms with van der Waals surface area (Å²) in [4.78, 5) is 27.0. The molecule has 0 aromatic heterocycles. The van der Waals surface area contributed by atoms with Crippen LogP contribution in [0, 0.1) is 0 Å². The van der Waals surface area contributed by atoms with Gasteiger partial charge >= 0.3 is 6.03 Å². The lowest BCUT2D eigenvalue weighted by molar-refractivity contribution is -0.125. The number of benzene rings is 1. The van der Waals surface area contributed by atoms with E-state index in [4.69, 9.17) is 5.73 Å². The van der Waals surface area contributed by atoms with Gasteiger partial charge in [0.05, 0.1) is 0 Å². The fraction of sp³-hybridized carbons (Fsp3) is 0.444. The number of aryl methyl sites for hydroxylation is 1. The fourth-order valence-electron chi connectivity index (χ4n) is 2.72. The van der Waals surface area contributed by atoms with Crippen LogP contribution in [0.2, 0.25) is 0 Å². The maximum absolute atomic E-state index is 12.4. The summed E-state index contributed by atoms with van der Waals surface area (Å²) in [5, 5.41) is 0. The number of urea groups is 1. The fourth-order valence-corrected chi connectivity index (χ4v) is 2.72. The highest BCUT2D eigenvalue weighted by atomic mass is 16.2. The zero-order valence-electron chi connectivity index (χ0n) is 13.7. The summed E-state index contributed by atoms with van der Waals surface area (Å²) in [6, 6.07) is 9.85. The summed E-state index contributed by atoms with van der Waals surface area (Å²) in [5.41, 5.74) is 7.66. The van der Waals surface area contributed by atoms with E-state index in [1.54, 1.807) is 15.9 Å². The molecule has 0 spiro atoms. The Morgan fingerprint density at radius 1 is 1.09 bits per heavy atom. The summed E-state index contributed by atoms with van der Waals surface area (Å²) >= 11 is 0. The van der Waals surface area contributed by atoms with E-state index in [2.05, 4.69) is 12.1 Å². The van der Waals surface area contributed by atoms with Gasteiger partial charge in [-0.15, -0.1) is 0 Å². The summed E-state index contributed by atoms with van der Waals surface area (Å²) in [6.45, 7) is 4.34. The molecule has 1 fully saturated rings. The van der Waals surface area contributed by atoms with Gasteiger partial charge in [-0.1, -0.05) is 35.9 Å². The SMILES string of the molecule is CC(=CC(=O)N1CCCN(C(N)=O)CC1)CCc1ccccc1. The first-order valence-electron chi connectivity index (χ1n) is 8.10. The van der Waals surface area contributed by atoms with Crippen LogP contribution in [0.1, 0.15) is 25.3 Å². The third-order valence-electron chi connectivity index (χ3n) is 4.14. The maximum Gasteiger partial charge on any atom is 0.314 e. The van der Waals surface area contributed by atoms with Gasteiger partial charge in [0.25, 0.3) is 0 Å². The topological polar surface area (TPSA) is 66.6 Å². The molecular weight excluding hydrogens is 290 g/mol. The van der Waals surface area contributed by atoms with E-state index >= 15 is 0 Å². The number of hydrogen-bond donors (Lipinski definition) is 1. The number of amides is 3. The maximum atomic E-state index is 12.4. The number of nitrogens with two attached hydrogens (primary N) is 1. The van der Waals surface area contributed by atoms with Gasteiger partial charge in [-0.25, -0.2) is 4.79 Å². The van der Waals surface area contributed by atoms with Crippen LogP contribution in [0.4, 0.5) is 4.79 Å². The first-order valence-corrected chi connectivity index (χ1v) is 8.10. The second-order valence-corrected chi connectivity index (χ2v) is 5.98. The summed E-state index contributed by atoms with van der Waals surface area (Å²) in [6.07, 6.45) is 4.30. The molecule has 0 radical (unpaired) electrons. The van der Waals surface area contributed by atoms with Crippen LogP contribution in [0.25, 0.3) is 0 Å². The van der Waals surface area contributed by atoms with Crippen LogP contribution < -0.4 is 5.73 Å². The lowest BCUT2D eigenvalue weighted by Crippen LogP contribution is -2.39. The third kappa shape index (κ3) is 5.43. The highest BCUT2D eigenvalue weighted by molar-refractivity contribution is 5.88. The van der Waals surface area contributed by atoms with E-state index in [-0.39, 0.29) is 5.91 Å². The first kappa shape index (κ1) is 17.1. The number of nitrogens with zero attached hydrogens (tertiary/aromatic N) is 2. The molecule has 0 bridgehead atoms. The highest BCUT2D eigenvalue weighted by Crippen LogP contribution is 2.10. The van der Waals surface area contributed by atoms with Gasteiger partial charge in [0, 0.05) is 32.3 Å². The Balaban J connectivity index is 1.85.